The average molecular weight is 253 g/mol. The minimum Gasteiger partial charge on any atom is -0.469 e. The number of rotatable bonds is 6. The largest absolute Gasteiger partial charge is 0.469 e. The summed E-state index contributed by atoms with van der Waals surface area (Å²) in [6.45, 7) is 5.07. The van der Waals surface area contributed by atoms with E-state index in [1.165, 1.54) is 13.2 Å². The Morgan fingerprint density at radius 3 is 2.67 bits per heavy atom. The molecule has 100 valence electrons. The molecule has 0 bridgehead atoms. The van der Waals surface area contributed by atoms with E-state index in [-0.39, 0.29) is 17.2 Å². The van der Waals surface area contributed by atoms with E-state index in [0.29, 0.717) is 25.1 Å². The van der Waals surface area contributed by atoms with Crippen molar-refractivity contribution in [1.29, 1.82) is 0 Å². The number of carbonyl (C=O) groups is 1. The normalized spacial score (nSPS) is 11.3. The molecule has 0 unspecified atom stereocenters. The zero-order chi connectivity index (χ0) is 13.6. The molecule has 0 fully saturated rings. The van der Waals surface area contributed by atoms with Gasteiger partial charge in [0.2, 0.25) is 0 Å². The van der Waals surface area contributed by atoms with E-state index in [1.54, 1.807) is 12.1 Å². The van der Waals surface area contributed by atoms with E-state index in [1.807, 2.05) is 19.9 Å². The number of methoxy groups -OCH3 is 1. The lowest BCUT2D eigenvalue weighted by Gasteiger charge is -2.26. The van der Waals surface area contributed by atoms with Gasteiger partial charge in [-0.1, -0.05) is 32.0 Å². The summed E-state index contributed by atoms with van der Waals surface area (Å²) >= 11 is 0. The molecule has 1 rings (SSSR count). The van der Waals surface area contributed by atoms with Crippen LogP contribution in [0.25, 0.3) is 0 Å². The van der Waals surface area contributed by atoms with Gasteiger partial charge in [0.05, 0.1) is 13.5 Å². The minimum absolute atomic E-state index is 0.197. The Morgan fingerprint density at radius 1 is 1.39 bits per heavy atom. The fraction of sp³-hybridized carbons (Fsp3) is 0.500. The molecule has 0 spiro atoms. The summed E-state index contributed by atoms with van der Waals surface area (Å²) in [5.41, 5.74) is 0.358. The summed E-state index contributed by atoms with van der Waals surface area (Å²) in [4.78, 5) is 10.9. The first-order valence-electron chi connectivity index (χ1n) is 6.00. The molecule has 0 radical (unpaired) electrons. The van der Waals surface area contributed by atoms with Crippen LogP contribution in [-0.2, 0) is 14.9 Å². The summed E-state index contributed by atoms with van der Waals surface area (Å²) in [6.07, 6.45) is 0.323. The van der Waals surface area contributed by atoms with Gasteiger partial charge in [0.25, 0.3) is 0 Å². The van der Waals surface area contributed by atoms with Gasteiger partial charge in [0.15, 0.2) is 0 Å². The molecule has 0 aliphatic heterocycles. The molecule has 3 nitrogen and oxygen atoms in total. The predicted octanol–water partition coefficient (Wildman–Crippen LogP) is 2.26. The van der Waals surface area contributed by atoms with Crippen LogP contribution < -0.4 is 5.32 Å². The molecule has 0 amide bonds. The van der Waals surface area contributed by atoms with Crippen LogP contribution in [0, 0.1) is 5.82 Å². The lowest BCUT2D eigenvalue weighted by molar-refractivity contribution is -0.140. The zero-order valence-electron chi connectivity index (χ0n) is 11.1. The minimum atomic E-state index is -0.318. The molecule has 1 aromatic carbocycles. The lowest BCUT2D eigenvalue weighted by Crippen LogP contribution is -2.34. The topological polar surface area (TPSA) is 38.3 Å². The Morgan fingerprint density at radius 2 is 2.06 bits per heavy atom. The van der Waals surface area contributed by atoms with E-state index in [9.17, 15) is 9.18 Å². The van der Waals surface area contributed by atoms with E-state index in [0.717, 1.165) is 0 Å². The third-order valence-corrected chi connectivity index (χ3v) is 2.90. The first-order chi connectivity index (χ1) is 8.47. The van der Waals surface area contributed by atoms with Crippen LogP contribution in [0.3, 0.4) is 0 Å². The van der Waals surface area contributed by atoms with Crippen molar-refractivity contribution < 1.29 is 13.9 Å². The van der Waals surface area contributed by atoms with Gasteiger partial charge in [0.1, 0.15) is 5.82 Å². The maximum Gasteiger partial charge on any atom is 0.306 e. The summed E-state index contributed by atoms with van der Waals surface area (Å²) in [7, 11) is 1.37. The number of hydrogen-bond donors (Lipinski definition) is 1. The van der Waals surface area contributed by atoms with E-state index in [4.69, 9.17) is 0 Å². The second-order valence-corrected chi connectivity index (χ2v) is 4.87. The summed E-state index contributed by atoms with van der Waals surface area (Å²) in [5, 5.41) is 3.15. The summed E-state index contributed by atoms with van der Waals surface area (Å²) in [6, 6.07) is 6.76. The maximum absolute atomic E-state index is 13.7. The van der Waals surface area contributed by atoms with Gasteiger partial charge in [-0.15, -0.1) is 0 Å². The number of halogens is 1. The van der Waals surface area contributed by atoms with Gasteiger partial charge in [0, 0.05) is 18.5 Å². The van der Waals surface area contributed by atoms with Gasteiger partial charge in [-0.25, -0.2) is 4.39 Å². The van der Waals surface area contributed by atoms with Crippen LogP contribution in [-0.4, -0.2) is 26.2 Å². The molecule has 18 heavy (non-hydrogen) atoms. The van der Waals surface area contributed by atoms with Crippen molar-refractivity contribution in [3.05, 3.63) is 35.6 Å². The van der Waals surface area contributed by atoms with Crippen molar-refractivity contribution in [2.75, 3.05) is 20.2 Å². The Labute approximate surface area is 107 Å². The molecule has 0 heterocycles. The van der Waals surface area contributed by atoms with E-state index >= 15 is 0 Å². The number of carbonyl (C=O) groups excluding carboxylic acids is 1. The Kier molecular flexibility index (Phi) is 5.28. The van der Waals surface area contributed by atoms with Gasteiger partial charge < -0.3 is 10.1 Å². The van der Waals surface area contributed by atoms with Crippen molar-refractivity contribution in [2.24, 2.45) is 0 Å². The fourth-order valence-corrected chi connectivity index (χ4v) is 1.80. The first kappa shape index (κ1) is 14.6. The molecule has 0 saturated heterocycles. The van der Waals surface area contributed by atoms with Gasteiger partial charge in [-0.05, 0) is 11.6 Å². The molecule has 1 aromatic rings. The van der Waals surface area contributed by atoms with Crippen LogP contribution in [0.1, 0.15) is 25.8 Å². The third kappa shape index (κ3) is 4.11. The highest BCUT2D eigenvalue weighted by Gasteiger charge is 2.23. The molecule has 0 aliphatic rings. The maximum atomic E-state index is 13.7. The van der Waals surface area contributed by atoms with E-state index < -0.39 is 0 Å². The summed E-state index contributed by atoms with van der Waals surface area (Å²) in [5.74, 6) is -0.441. The fourth-order valence-electron chi connectivity index (χ4n) is 1.80. The van der Waals surface area contributed by atoms with Crippen LogP contribution >= 0.6 is 0 Å². The van der Waals surface area contributed by atoms with Crippen molar-refractivity contribution >= 4 is 5.97 Å². The highest BCUT2D eigenvalue weighted by atomic mass is 19.1. The van der Waals surface area contributed by atoms with Gasteiger partial charge in [-0.3, -0.25) is 4.79 Å². The van der Waals surface area contributed by atoms with Crippen molar-refractivity contribution in [2.45, 2.75) is 25.7 Å². The monoisotopic (exact) mass is 253 g/mol. The Bertz CT molecular complexity index is 405. The standard InChI is InChI=1S/C14H20FNO2/c1-14(2,10-16-9-8-13(17)18-3)11-6-4-5-7-12(11)15/h4-7,16H,8-10H2,1-3H3. The van der Waals surface area contributed by atoms with E-state index in [2.05, 4.69) is 10.1 Å². The molecule has 0 atom stereocenters. The number of nitrogens with one attached hydrogen (secondary N) is 1. The quantitative estimate of drug-likeness (QED) is 0.624. The molecule has 1 N–H and O–H groups in total. The number of benzene rings is 1. The Hall–Kier alpha value is -1.42. The molecule has 0 aromatic heterocycles. The first-order valence-corrected chi connectivity index (χ1v) is 6.00. The summed E-state index contributed by atoms with van der Waals surface area (Å²) < 4.78 is 18.2. The van der Waals surface area contributed by atoms with Crippen molar-refractivity contribution in [1.82, 2.24) is 5.32 Å². The Balaban J connectivity index is 2.50. The van der Waals surface area contributed by atoms with Crippen LogP contribution in [0.5, 0.6) is 0 Å². The molecule has 4 heteroatoms. The molecular formula is C14H20FNO2. The predicted molar refractivity (Wildman–Crippen MR) is 68.9 cm³/mol. The van der Waals surface area contributed by atoms with Gasteiger partial charge in [-0.2, -0.15) is 0 Å². The average Bonchev–Trinajstić information content (AvgIpc) is 2.34. The number of ether oxygens (including phenoxy) is 1. The second kappa shape index (κ2) is 6.50. The number of esters is 1. The number of hydrogen-bond acceptors (Lipinski definition) is 3. The van der Waals surface area contributed by atoms with Gasteiger partial charge >= 0.3 is 5.97 Å². The van der Waals surface area contributed by atoms with Crippen LogP contribution in [0.15, 0.2) is 24.3 Å². The highest BCUT2D eigenvalue weighted by Crippen LogP contribution is 2.24. The SMILES string of the molecule is COC(=O)CCNCC(C)(C)c1ccccc1F. The van der Waals surface area contributed by atoms with Crippen LogP contribution in [0.4, 0.5) is 4.39 Å². The lowest BCUT2D eigenvalue weighted by atomic mass is 9.84. The molecular weight excluding hydrogens is 233 g/mol. The van der Waals surface area contributed by atoms with Crippen molar-refractivity contribution in [3.8, 4) is 0 Å². The second-order valence-electron chi connectivity index (χ2n) is 4.87. The molecule has 0 aliphatic carbocycles. The highest BCUT2D eigenvalue weighted by molar-refractivity contribution is 5.69. The molecule has 0 saturated carbocycles. The zero-order valence-corrected chi connectivity index (χ0v) is 11.1. The smallest absolute Gasteiger partial charge is 0.306 e. The van der Waals surface area contributed by atoms with Crippen molar-refractivity contribution in [3.63, 3.8) is 0 Å². The van der Waals surface area contributed by atoms with Crippen LogP contribution in [0.2, 0.25) is 0 Å². The third-order valence-electron chi connectivity index (χ3n) is 2.90.